The number of rotatable bonds is 8. The molecule has 3 aromatic rings. The Morgan fingerprint density at radius 3 is 2.49 bits per heavy atom. The van der Waals surface area contributed by atoms with E-state index in [1.54, 1.807) is 18.2 Å². The van der Waals surface area contributed by atoms with Crippen molar-refractivity contribution in [2.45, 2.75) is 68.8 Å². The lowest BCUT2D eigenvalue weighted by Crippen LogP contribution is -2.47. The van der Waals surface area contributed by atoms with Gasteiger partial charge in [0.2, 0.25) is 0 Å². The molecule has 5 N–H and O–H groups in total. The molecule has 0 aliphatic heterocycles. The molecule has 0 amide bonds. The molecule has 2 aliphatic rings. The molecule has 0 unspecified atom stereocenters. The van der Waals surface area contributed by atoms with Crippen molar-refractivity contribution in [1.82, 2.24) is 5.32 Å². The number of aromatic hydroxyl groups is 3. The summed E-state index contributed by atoms with van der Waals surface area (Å²) in [4.78, 5) is 13.9. The summed E-state index contributed by atoms with van der Waals surface area (Å²) < 4.78 is 5.40. The minimum atomic E-state index is -0.934. The van der Waals surface area contributed by atoms with Gasteiger partial charge in [-0.2, -0.15) is 0 Å². The Kier molecular flexibility index (Phi) is 10.4. The first-order valence-corrected chi connectivity index (χ1v) is 16.0. The maximum atomic E-state index is 13.9. The maximum Gasteiger partial charge on any atom is 0.160 e. The van der Waals surface area contributed by atoms with E-state index in [0.717, 1.165) is 48.9 Å². The summed E-state index contributed by atoms with van der Waals surface area (Å²) in [5.74, 6) is 6.56. The van der Waals surface area contributed by atoms with Gasteiger partial charge in [0.25, 0.3) is 0 Å². The van der Waals surface area contributed by atoms with E-state index in [-0.39, 0.29) is 53.6 Å². The first-order valence-electron chi connectivity index (χ1n) is 16.0. The summed E-state index contributed by atoms with van der Waals surface area (Å²) in [7, 11) is 3.45. The Labute approximate surface area is 266 Å². The Morgan fingerprint density at radius 1 is 0.978 bits per heavy atom. The van der Waals surface area contributed by atoms with E-state index in [4.69, 9.17) is 4.74 Å². The SMILES string of the molecule is CNC[C@@H]1CCC[C@@](c2ccc(O)c(O)c2)([C@@H]2CC#C[C@H](Cc3ccccc3)[C@H](c3ccc(O)c(OC)c3)CC(=O)C[C@@H]2O)C1. The van der Waals surface area contributed by atoms with Gasteiger partial charge in [-0.25, -0.2) is 0 Å². The van der Waals surface area contributed by atoms with Gasteiger partial charge in [0.1, 0.15) is 5.78 Å². The molecule has 45 heavy (non-hydrogen) atoms. The first-order chi connectivity index (χ1) is 21.7. The number of carbonyl (C=O) groups excluding carboxylic acids is 1. The van der Waals surface area contributed by atoms with Crippen LogP contribution < -0.4 is 10.1 Å². The highest BCUT2D eigenvalue weighted by Gasteiger charge is 2.47. The van der Waals surface area contributed by atoms with Gasteiger partial charge in [-0.05, 0) is 86.1 Å². The number of hydrogen-bond acceptors (Lipinski definition) is 7. The smallest absolute Gasteiger partial charge is 0.160 e. The van der Waals surface area contributed by atoms with Crippen LogP contribution in [0.25, 0.3) is 0 Å². The van der Waals surface area contributed by atoms with Crippen LogP contribution in [0, 0.1) is 29.6 Å². The van der Waals surface area contributed by atoms with Gasteiger partial charge in [0.05, 0.1) is 13.2 Å². The molecule has 2 aliphatic carbocycles. The minimum absolute atomic E-state index is 0.00136. The van der Waals surface area contributed by atoms with Crippen LogP contribution in [0.1, 0.15) is 67.6 Å². The van der Waals surface area contributed by atoms with E-state index in [1.165, 1.54) is 13.2 Å². The summed E-state index contributed by atoms with van der Waals surface area (Å²) in [6.45, 7) is 0.830. The first kappa shape index (κ1) is 32.4. The van der Waals surface area contributed by atoms with E-state index in [0.29, 0.717) is 24.5 Å². The molecule has 1 fully saturated rings. The van der Waals surface area contributed by atoms with Crippen LogP contribution in [-0.4, -0.2) is 53.0 Å². The number of ether oxygens (including phenoxy) is 1. The number of aliphatic hydroxyl groups is 1. The lowest BCUT2D eigenvalue weighted by molar-refractivity contribution is -0.123. The van der Waals surface area contributed by atoms with Crippen molar-refractivity contribution in [2.24, 2.45) is 17.8 Å². The van der Waals surface area contributed by atoms with Crippen molar-refractivity contribution in [3.63, 3.8) is 0 Å². The molecule has 6 atom stereocenters. The molecule has 1 saturated carbocycles. The van der Waals surface area contributed by atoms with Gasteiger partial charge < -0.3 is 30.5 Å². The van der Waals surface area contributed by atoms with E-state index in [1.807, 2.05) is 37.4 Å². The number of Topliss-reactive ketones (excluding diaryl/α,β-unsaturated/α-hetero) is 1. The maximum absolute atomic E-state index is 13.9. The molecule has 5 rings (SSSR count). The Morgan fingerprint density at radius 2 is 1.76 bits per heavy atom. The quantitative estimate of drug-likeness (QED) is 0.161. The highest BCUT2D eigenvalue weighted by atomic mass is 16.5. The third-order valence-electron chi connectivity index (χ3n) is 10.0. The molecular weight excluding hydrogens is 566 g/mol. The molecular formula is C38H45NO6. The number of hydrogen-bond donors (Lipinski definition) is 5. The lowest BCUT2D eigenvalue weighted by atomic mass is 9.57. The molecule has 0 aromatic heterocycles. The fourth-order valence-corrected chi connectivity index (χ4v) is 7.82. The van der Waals surface area contributed by atoms with Crippen molar-refractivity contribution in [2.75, 3.05) is 20.7 Å². The number of ketones is 1. The highest BCUT2D eigenvalue weighted by molar-refractivity contribution is 5.80. The zero-order chi connectivity index (χ0) is 32.0. The van der Waals surface area contributed by atoms with Crippen LogP contribution in [0.2, 0.25) is 0 Å². The van der Waals surface area contributed by atoms with Crippen LogP contribution >= 0.6 is 0 Å². The fourth-order valence-electron chi connectivity index (χ4n) is 7.82. The molecule has 0 saturated heterocycles. The topological polar surface area (TPSA) is 119 Å². The zero-order valence-corrected chi connectivity index (χ0v) is 26.2. The number of benzene rings is 3. The monoisotopic (exact) mass is 611 g/mol. The van der Waals surface area contributed by atoms with Gasteiger partial charge in [0.15, 0.2) is 23.0 Å². The molecule has 0 radical (unpaired) electrons. The van der Waals surface area contributed by atoms with E-state index in [2.05, 4.69) is 29.3 Å². The molecule has 7 nitrogen and oxygen atoms in total. The van der Waals surface area contributed by atoms with Gasteiger partial charge in [-0.15, -0.1) is 5.92 Å². The summed E-state index contributed by atoms with van der Waals surface area (Å²) >= 11 is 0. The van der Waals surface area contributed by atoms with E-state index < -0.39 is 11.5 Å². The summed E-state index contributed by atoms with van der Waals surface area (Å²) in [5, 5.41) is 46.1. The number of carbonyl (C=O) groups is 1. The van der Waals surface area contributed by atoms with Crippen molar-refractivity contribution in [1.29, 1.82) is 0 Å². The summed E-state index contributed by atoms with van der Waals surface area (Å²) in [6, 6.07) is 20.3. The molecule has 7 heteroatoms. The predicted octanol–water partition coefficient (Wildman–Crippen LogP) is 5.84. The van der Waals surface area contributed by atoms with E-state index >= 15 is 0 Å². The molecule has 0 spiro atoms. The Hall–Kier alpha value is -3.99. The average Bonchev–Trinajstić information content (AvgIpc) is 3.03. The number of aliphatic hydroxyl groups excluding tert-OH is 1. The van der Waals surface area contributed by atoms with Crippen LogP contribution in [0.3, 0.4) is 0 Å². The minimum Gasteiger partial charge on any atom is -0.504 e. The second kappa shape index (κ2) is 14.4. The predicted molar refractivity (Wildman–Crippen MR) is 175 cm³/mol. The van der Waals surface area contributed by atoms with Crippen molar-refractivity contribution in [3.05, 3.63) is 83.4 Å². The van der Waals surface area contributed by atoms with Crippen molar-refractivity contribution >= 4 is 5.78 Å². The third-order valence-corrected chi connectivity index (χ3v) is 10.0. The largest absolute Gasteiger partial charge is 0.504 e. The number of methoxy groups -OCH3 is 1. The Bertz CT molecular complexity index is 1530. The second-order valence-electron chi connectivity index (χ2n) is 12.9. The summed E-state index contributed by atoms with van der Waals surface area (Å²) in [5.41, 5.74) is 2.31. The average molecular weight is 612 g/mol. The fraction of sp³-hybridized carbons (Fsp3) is 0.447. The number of phenols is 3. The highest BCUT2D eigenvalue weighted by Crippen LogP contribution is 2.51. The molecule has 0 bridgehead atoms. The third kappa shape index (κ3) is 7.30. The lowest BCUT2D eigenvalue weighted by Gasteiger charge is -2.48. The second-order valence-corrected chi connectivity index (χ2v) is 12.9. The van der Waals surface area contributed by atoms with Crippen molar-refractivity contribution < 1.29 is 30.0 Å². The zero-order valence-electron chi connectivity index (χ0n) is 26.2. The van der Waals surface area contributed by atoms with Gasteiger partial charge >= 0.3 is 0 Å². The van der Waals surface area contributed by atoms with Crippen LogP contribution in [-0.2, 0) is 16.6 Å². The summed E-state index contributed by atoms with van der Waals surface area (Å²) in [6.07, 6.45) is 3.85. The van der Waals surface area contributed by atoms with E-state index in [9.17, 15) is 25.2 Å². The Balaban J connectivity index is 1.59. The normalized spacial score (nSPS) is 27.3. The van der Waals surface area contributed by atoms with Crippen LogP contribution in [0.5, 0.6) is 23.0 Å². The standard InChI is InChI=1S/C38H45NO6/c1-39-24-26-10-7-17-38(23-26,29-14-16-33(41)36(44)20-29)32-12-6-11-27(18-25-8-4-3-5-9-25)31(21-30(40)22-35(32)43)28-13-15-34(42)37(19-28)45-2/h3-5,8-9,13-16,19-20,26-27,31-32,35,39,41-44H,7,10,12,17-18,21-24H2,1-2H3/t26-,27-,31-,32-,35+,38-/m1/s1. The number of phenolic OH excluding ortho intramolecular Hbond substituents is 3. The van der Waals surface area contributed by atoms with Crippen LogP contribution in [0.4, 0.5) is 0 Å². The molecule has 0 heterocycles. The van der Waals surface area contributed by atoms with Gasteiger partial charge in [0, 0.05) is 42.4 Å². The van der Waals surface area contributed by atoms with Crippen molar-refractivity contribution in [3.8, 4) is 34.8 Å². The van der Waals surface area contributed by atoms with Crippen LogP contribution in [0.15, 0.2) is 66.7 Å². The molecule has 238 valence electrons. The molecule has 3 aromatic carbocycles. The van der Waals surface area contributed by atoms with Gasteiger partial charge in [-0.1, -0.05) is 54.8 Å². The van der Waals surface area contributed by atoms with Gasteiger partial charge in [-0.3, -0.25) is 4.79 Å². The number of nitrogens with one attached hydrogen (secondary N) is 1.